The summed E-state index contributed by atoms with van der Waals surface area (Å²) in [5.74, 6) is 0.912. The minimum Gasteiger partial charge on any atom is -0.493 e. The molecule has 1 atom stereocenters. The first-order valence-corrected chi connectivity index (χ1v) is 7.71. The Labute approximate surface area is 128 Å². The van der Waals surface area contributed by atoms with E-state index in [4.69, 9.17) is 9.47 Å². The lowest BCUT2D eigenvalue weighted by Crippen LogP contribution is -2.53. The van der Waals surface area contributed by atoms with Gasteiger partial charge in [0.15, 0.2) is 0 Å². The van der Waals surface area contributed by atoms with Gasteiger partial charge in [0, 0.05) is 25.2 Å². The monoisotopic (exact) mass is 302 g/mol. The number of rotatable bonds is 1. The lowest BCUT2D eigenvalue weighted by Gasteiger charge is -2.35. The largest absolute Gasteiger partial charge is 0.493 e. The van der Waals surface area contributed by atoms with Crippen LogP contribution in [-0.2, 0) is 11.2 Å². The Hall–Kier alpha value is -2.24. The summed E-state index contributed by atoms with van der Waals surface area (Å²) in [5.41, 5.74) is 1.80. The zero-order valence-electron chi connectivity index (χ0n) is 12.3. The molecule has 6 nitrogen and oxygen atoms in total. The van der Waals surface area contributed by atoms with Gasteiger partial charge in [-0.3, -0.25) is 9.69 Å². The Morgan fingerprint density at radius 2 is 2.14 bits per heavy atom. The van der Waals surface area contributed by atoms with Crippen LogP contribution >= 0.6 is 0 Å². The zero-order valence-corrected chi connectivity index (χ0v) is 12.3. The van der Waals surface area contributed by atoms with Crippen molar-refractivity contribution in [2.45, 2.75) is 18.9 Å². The first kappa shape index (κ1) is 13.4. The molecule has 2 saturated heterocycles. The summed E-state index contributed by atoms with van der Waals surface area (Å²) in [5, 5.41) is 0. The highest BCUT2D eigenvalue weighted by molar-refractivity contribution is 5.95. The average molecular weight is 302 g/mol. The lowest BCUT2D eigenvalue weighted by molar-refractivity contribution is 0.0616. The molecule has 2 fully saturated rings. The van der Waals surface area contributed by atoms with Crippen LogP contribution in [0, 0.1) is 0 Å². The maximum atomic E-state index is 12.7. The summed E-state index contributed by atoms with van der Waals surface area (Å²) in [6.07, 6.45) is 1.68. The summed E-state index contributed by atoms with van der Waals surface area (Å²) >= 11 is 0. The quantitative estimate of drug-likeness (QED) is 0.784. The third-order valence-corrected chi connectivity index (χ3v) is 4.56. The number of carbonyl (C=O) groups is 2. The smallest absolute Gasteiger partial charge is 0.410 e. The number of fused-ring (bicyclic) bond motifs is 2. The highest BCUT2D eigenvalue weighted by atomic mass is 16.6. The van der Waals surface area contributed by atoms with Crippen LogP contribution in [0.25, 0.3) is 0 Å². The van der Waals surface area contributed by atoms with Crippen molar-refractivity contribution in [1.29, 1.82) is 0 Å². The van der Waals surface area contributed by atoms with Crippen molar-refractivity contribution in [2.24, 2.45) is 0 Å². The summed E-state index contributed by atoms with van der Waals surface area (Å²) in [7, 11) is 0. The second-order valence-corrected chi connectivity index (χ2v) is 5.95. The molecule has 0 N–H and O–H groups in total. The predicted octanol–water partition coefficient (Wildman–Crippen LogP) is 1.29. The van der Waals surface area contributed by atoms with Gasteiger partial charge in [-0.15, -0.1) is 0 Å². The standard InChI is InChI=1S/C16H18N2O4/c19-15(12-3-4-14-11(8-12)2-1-7-21-14)17-5-6-18-13(9-17)10-22-16(18)20/h3-4,8,13H,1-2,5-7,9-10H2/t13-/m0/s1. The van der Waals surface area contributed by atoms with Crippen molar-refractivity contribution >= 4 is 12.0 Å². The number of nitrogens with zero attached hydrogens (tertiary/aromatic N) is 2. The lowest BCUT2D eigenvalue weighted by atomic mass is 10.0. The molecule has 1 aromatic carbocycles. The maximum Gasteiger partial charge on any atom is 0.410 e. The highest BCUT2D eigenvalue weighted by Gasteiger charge is 2.38. The van der Waals surface area contributed by atoms with Crippen LogP contribution in [0.3, 0.4) is 0 Å². The first-order valence-electron chi connectivity index (χ1n) is 7.71. The van der Waals surface area contributed by atoms with Crippen LogP contribution in [0.15, 0.2) is 18.2 Å². The first-order chi connectivity index (χ1) is 10.7. The third-order valence-electron chi connectivity index (χ3n) is 4.56. The van der Waals surface area contributed by atoms with Crippen molar-refractivity contribution in [3.63, 3.8) is 0 Å². The third kappa shape index (κ3) is 2.19. The molecule has 22 heavy (non-hydrogen) atoms. The van der Waals surface area contributed by atoms with E-state index >= 15 is 0 Å². The van der Waals surface area contributed by atoms with Crippen molar-refractivity contribution in [2.75, 3.05) is 32.8 Å². The minimum absolute atomic E-state index is 0.00818. The summed E-state index contributed by atoms with van der Waals surface area (Å²) < 4.78 is 10.6. The van der Waals surface area contributed by atoms with E-state index in [0.29, 0.717) is 31.8 Å². The van der Waals surface area contributed by atoms with E-state index in [1.165, 1.54) is 0 Å². The second-order valence-electron chi connectivity index (χ2n) is 5.95. The number of amides is 2. The Kier molecular flexibility index (Phi) is 3.17. The van der Waals surface area contributed by atoms with Gasteiger partial charge in [-0.1, -0.05) is 0 Å². The van der Waals surface area contributed by atoms with Crippen LogP contribution in [0.5, 0.6) is 5.75 Å². The Morgan fingerprint density at radius 3 is 3.05 bits per heavy atom. The van der Waals surface area contributed by atoms with Gasteiger partial charge < -0.3 is 14.4 Å². The molecule has 4 rings (SSSR count). The van der Waals surface area contributed by atoms with E-state index in [1.807, 2.05) is 23.1 Å². The molecular formula is C16H18N2O4. The van der Waals surface area contributed by atoms with Crippen LogP contribution in [0.4, 0.5) is 4.79 Å². The van der Waals surface area contributed by atoms with Crippen LogP contribution in [0.1, 0.15) is 22.3 Å². The maximum absolute atomic E-state index is 12.7. The van der Waals surface area contributed by atoms with Gasteiger partial charge in [0.2, 0.25) is 0 Å². The van der Waals surface area contributed by atoms with Gasteiger partial charge in [-0.05, 0) is 36.6 Å². The van der Waals surface area contributed by atoms with Crippen LogP contribution < -0.4 is 4.74 Å². The molecule has 2 amide bonds. The molecule has 0 unspecified atom stereocenters. The molecule has 0 radical (unpaired) electrons. The number of benzene rings is 1. The molecule has 1 aromatic rings. The Morgan fingerprint density at radius 1 is 1.23 bits per heavy atom. The fourth-order valence-corrected chi connectivity index (χ4v) is 3.35. The highest BCUT2D eigenvalue weighted by Crippen LogP contribution is 2.27. The van der Waals surface area contributed by atoms with Gasteiger partial charge in [0.05, 0.1) is 12.6 Å². The molecule has 3 heterocycles. The van der Waals surface area contributed by atoms with E-state index in [2.05, 4.69) is 0 Å². The number of ether oxygens (including phenoxy) is 2. The van der Waals surface area contributed by atoms with Gasteiger partial charge in [-0.25, -0.2) is 4.79 Å². The molecule has 0 spiro atoms. The van der Waals surface area contributed by atoms with Crippen molar-refractivity contribution < 1.29 is 19.1 Å². The van der Waals surface area contributed by atoms with Crippen molar-refractivity contribution in [3.05, 3.63) is 29.3 Å². The number of carbonyl (C=O) groups excluding carboxylic acids is 2. The topological polar surface area (TPSA) is 59.1 Å². The van der Waals surface area contributed by atoms with E-state index in [0.717, 1.165) is 30.8 Å². The van der Waals surface area contributed by atoms with Gasteiger partial charge in [0.1, 0.15) is 12.4 Å². The fraction of sp³-hybridized carbons (Fsp3) is 0.500. The number of hydrogen-bond acceptors (Lipinski definition) is 4. The molecule has 0 saturated carbocycles. The SMILES string of the molecule is O=C(c1ccc2c(c1)CCCO2)N1CCN2C(=O)OC[C@@H]2C1. The number of aryl methyl sites for hydroxylation is 1. The van der Waals surface area contributed by atoms with Crippen molar-refractivity contribution in [3.8, 4) is 5.75 Å². The van der Waals surface area contributed by atoms with Crippen LogP contribution in [0.2, 0.25) is 0 Å². The second kappa shape index (κ2) is 5.19. The van der Waals surface area contributed by atoms with Crippen molar-refractivity contribution in [1.82, 2.24) is 9.80 Å². The molecule has 116 valence electrons. The Balaban J connectivity index is 1.51. The molecule has 3 aliphatic rings. The van der Waals surface area contributed by atoms with E-state index in [9.17, 15) is 9.59 Å². The molecule has 0 aliphatic carbocycles. The normalized spacial score (nSPS) is 23.5. The number of hydrogen-bond donors (Lipinski definition) is 0. The zero-order chi connectivity index (χ0) is 15.1. The number of cyclic esters (lactones) is 1. The summed E-state index contributed by atoms with van der Waals surface area (Å²) in [6.45, 7) is 2.76. The van der Waals surface area contributed by atoms with Gasteiger partial charge in [0.25, 0.3) is 5.91 Å². The minimum atomic E-state index is -0.261. The molecular weight excluding hydrogens is 284 g/mol. The summed E-state index contributed by atoms with van der Waals surface area (Å²) in [6, 6.07) is 5.65. The Bertz CT molecular complexity index is 631. The van der Waals surface area contributed by atoms with E-state index < -0.39 is 0 Å². The van der Waals surface area contributed by atoms with E-state index in [-0.39, 0.29) is 18.0 Å². The molecule has 3 aliphatic heterocycles. The fourth-order valence-electron chi connectivity index (χ4n) is 3.35. The molecule has 6 heteroatoms. The van der Waals surface area contributed by atoms with E-state index in [1.54, 1.807) is 4.90 Å². The average Bonchev–Trinajstić information content (AvgIpc) is 2.94. The molecule has 0 bridgehead atoms. The van der Waals surface area contributed by atoms with Crippen LogP contribution in [-0.4, -0.2) is 60.7 Å². The molecule has 0 aromatic heterocycles. The van der Waals surface area contributed by atoms with Gasteiger partial charge >= 0.3 is 6.09 Å². The van der Waals surface area contributed by atoms with Gasteiger partial charge in [-0.2, -0.15) is 0 Å². The predicted molar refractivity (Wildman–Crippen MR) is 78.0 cm³/mol. The summed E-state index contributed by atoms with van der Waals surface area (Å²) in [4.78, 5) is 27.7. The number of piperazine rings is 1.